The van der Waals surface area contributed by atoms with Crippen LogP contribution >= 0.6 is 0 Å². The highest BCUT2D eigenvalue weighted by atomic mass is 32.2. The van der Waals surface area contributed by atoms with Crippen molar-refractivity contribution >= 4 is 15.9 Å². The maximum atomic E-state index is 13.6. The highest BCUT2D eigenvalue weighted by Crippen LogP contribution is 2.22. The average molecular weight is 521 g/mol. The smallest absolute Gasteiger partial charge is 0.243 e. The van der Waals surface area contributed by atoms with Crippen molar-refractivity contribution in [3.05, 3.63) is 60.2 Å². The van der Waals surface area contributed by atoms with Crippen LogP contribution in [0.3, 0.4) is 0 Å². The number of hydrogen-bond acceptors (Lipinski definition) is 6. The zero-order chi connectivity index (χ0) is 26.7. The lowest BCUT2D eigenvalue weighted by Crippen LogP contribution is -2.51. The van der Waals surface area contributed by atoms with Crippen molar-refractivity contribution in [2.75, 3.05) is 20.2 Å². The third kappa shape index (κ3) is 8.89. The molecule has 0 radical (unpaired) electrons. The lowest BCUT2D eigenvalue weighted by molar-refractivity contribution is -0.124. The van der Waals surface area contributed by atoms with Gasteiger partial charge in [-0.3, -0.25) is 4.79 Å². The standard InChI is InChI=1S/C27H40N2O6S/c1-5-20(3)18-29(36(33,34)24-14-12-23(35-4)13-15-24)19-26(31)25(16-21-10-8-7-9-11-21)28-27(32)17-22(30)6-2/h7-15,20,22,25-26,30-31H,5-6,16-19H2,1-4H3,(H,28,32)/t20-,22+,25+,26-/m1/s1. The van der Waals surface area contributed by atoms with Gasteiger partial charge in [0.15, 0.2) is 0 Å². The van der Waals surface area contributed by atoms with Gasteiger partial charge in [0.2, 0.25) is 15.9 Å². The zero-order valence-corrected chi connectivity index (χ0v) is 22.4. The third-order valence-corrected chi connectivity index (χ3v) is 8.15. The van der Waals surface area contributed by atoms with E-state index in [0.717, 1.165) is 12.0 Å². The first kappa shape index (κ1) is 29.8. The molecule has 0 aliphatic carbocycles. The van der Waals surface area contributed by atoms with Crippen molar-refractivity contribution in [1.82, 2.24) is 9.62 Å². The number of carbonyl (C=O) groups excluding carboxylic acids is 1. The summed E-state index contributed by atoms with van der Waals surface area (Å²) in [4.78, 5) is 12.7. The first-order valence-corrected chi connectivity index (χ1v) is 13.9. The van der Waals surface area contributed by atoms with Crippen LogP contribution in [0.1, 0.15) is 45.6 Å². The van der Waals surface area contributed by atoms with E-state index in [4.69, 9.17) is 4.74 Å². The zero-order valence-electron chi connectivity index (χ0n) is 21.6. The Labute approximate surface area is 215 Å². The maximum Gasteiger partial charge on any atom is 0.243 e. The molecule has 0 aliphatic rings. The minimum absolute atomic E-state index is 0.0621. The SMILES string of the molecule is CC[C@@H](C)CN(C[C@@H](O)[C@H](Cc1ccccc1)NC(=O)C[C@@H](O)CC)S(=O)(=O)c1ccc(OC)cc1. The van der Waals surface area contributed by atoms with Gasteiger partial charge in [0.1, 0.15) is 5.75 Å². The molecular weight excluding hydrogens is 480 g/mol. The van der Waals surface area contributed by atoms with E-state index >= 15 is 0 Å². The number of aliphatic hydroxyl groups is 2. The number of methoxy groups -OCH3 is 1. The van der Waals surface area contributed by atoms with Gasteiger partial charge in [0.05, 0.1) is 36.7 Å². The quantitative estimate of drug-likeness (QED) is 0.333. The minimum Gasteiger partial charge on any atom is -0.497 e. The van der Waals surface area contributed by atoms with Crippen LogP contribution in [0.15, 0.2) is 59.5 Å². The van der Waals surface area contributed by atoms with Crippen LogP contribution < -0.4 is 10.1 Å². The van der Waals surface area contributed by atoms with Crippen LogP contribution in [-0.2, 0) is 21.2 Å². The Balaban J connectivity index is 2.32. The topological polar surface area (TPSA) is 116 Å². The number of aliphatic hydroxyl groups excluding tert-OH is 2. The van der Waals surface area contributed by atoms with E-state index in [0.29, 0.717) is 18.6 Å². The molecule has 0 aromatic heterocycles. The molecule has 0 aliphatic heterocycles. The molecule has 200 valence electrons. The molecule has 0 heterocycles. The summed E-state index contributed by atoms with van der Waals surface area (Å²) in [6, 6.07) is 14.8. The average Bonchev–Trinajstić information content (AvgIpc) is 2.88. The summed E-state index contributed by atoms with van der Waals surface area (Å²) in [5, 5.41) is 24.0. The van der Waals surface area contributed by atoms with E-state index in [2.05, 4.69) is 5.32 Å². The highest BCUT2D eigenvalue weighted by Gasteiger charge is 2.31. The van der Waals surface area contributed by atoms with Crippen molar-refractivity contribution < 1.29 is 28.2 Å². The van der Waals surface area contributed by atoms with Crippen LogP contribution in [0.5, 0.6) is 5.75 Å². The lowest BCUT2D eigenvalue weighted by Gasteiger charge is -2.31. The number of nitrogens with zero attached hydrogens (tertiary/aromatic N) is 1. The summed E-state index contributed by atoms with van der Waals surface area (Å²) >= 11 is 0. The molecule has 8 nitrogen and oxygen atoms in total. The fraction of sp³-hybridized carbons (Fsp3) is 0.519. The molecule has 0 saturated carbocycles. The van der Waals surface area contributed by atoms with Gasteiger partial charge in [0, 0.05) is 13.1 Å². The summed E-state index contributed by atoms with van der Waals surface area (Å²) in [6.07, 6.45) is -0.529. The van der Waals surface area contributed by atoms with Crippen LogP contribution in [0.4, 0.5) is 0 Å². The van der Waals surface area contributed by atoms with Crippen LogP contribution in [0.2, 0.25) is 0 Å². The maximum absolute atomic E-state index is 13.6. The number of sulfonamides is 1. The Morgan fingerprint density at radius 1 is 1.00 bits per heavy atom. The largest absolute Gasteiger partial charge is 0.497 e. The van der Waals surface area contributed by atoms with Gasteiger partial charge in [-0.05, 0) is 48.6 Å². The Bertz CT molecular complexity index is 1030. The molecule has 0 spiro atoms. The fourth-order valence-corrected chi connectivity index (χ4v) is 5.33. The Morgan fingerprint density at radius 3 is 2.19 bits per heavy atom. The molecule has 2 aromatic carbocycles. The Hall–Kier alpha value is -2.46. The summed E-state index contributed by atoms with van der Waals surface area (Å²) < 4.78 is 33.6. The molecule has 2 rings (SSSR count). The van der Waals surface area contributed by atoms with Gasteiger partial charge in [-0.25, -0.2) is 8.42 Å². The second-order valence-electron chi connectivity index (χ2n) is 9.21. The third-order valence-electron chi connectivity index (χ3n) is 6.30. The van der Waals surface area contributed by atoms with Gasteiger partial charge in [-0.1, -0.05) is 57.5 Å². The molecule has 0 bridgehead atoms. The number of amides is 1. The van der Waals surface area contributed by atoms with Crippen LogP contribution in [-0.4, -0.2) is 67.3 Å². The molecule has 0 fully saturated rings. The van der Waals surface area contributed by atoms with Gasteiger partial charge in [0.25, 0.3) is 0 Å². The Morgan fingerprint density at radius 2 is 1.64 bits per heavy atom. The molecule has 1 amide bonds. The van der Waals surface area contributed by atoms with E-state index in [1.807, 2.05) is 44.2 Å². The number of hydrogen-bond donors (Lipinski definition) is 3. The van der Waals surface area contributed by atoms with Gasteiger partial charge < -0.3 is 20.3 Å². The number of benzene rings is 2. The molecular formula is C27H40N2O6S. The molecule has 9 heteroatoms. The van der Waals surface area contributed by atoms with Crippen molar-refractivity contribution in [1.29, 1.82) is 0 Å². The number of ether oxygens (including phenoxy) is 1. The van der Waals surface area contributed by atoms with E-state index in [9.17, 15) is 23.4 Å². The molecule has 4 atom stereocenters. The summed E-state index contributed by atoms with van der Waals surface area (Å²) in [6.45, 7) is 5.76. The number of carbonyl (C=O) groups is 1. The van der Waals surface area contributed by atoms with Crippen LogP contribution in [0, 0.1) is 5.92 Å². The molecule has 0 saturated heterocycles. The summed E-state index contributed by atoms with van der Waals surface area (Å²) in [5.41, 5.74) is 0.893. The number of rotatable bonds is 15. The van der Waals surface area contributed by atoms with Crippen molar-refractivity contribution in [3.8, 4) is 5.75 Å². The molecule has 2 aromatic rings. The highest BCUT2D eigenvalue weighted by molar-refractivity contribution is 7.89. The Kier molecular flexibility index (Phi) is 11.8. The second kappa shape index (κ2) is 14.3. The van der Waals surface area contributed by atoms with Crippen LogP contribution in [0.25, 0.3) is 0 Å². The van der Waals surface area contributed by atoms with E-state index in [-0.39, 0.29) is 30.3 Å². The summed E-state index contributed by atoms with van der Waals surface area (Å²) in [5.74, 6) is 0.213. The molecule has 0 unspecified atom stereocenters. The van der Waals surface area contributed by atoms with E-state index in [1.165, 1.54) is 23.5 Å². The van der Waals surface area contributed by atoms with Gasteiger partial charge in [-0.15, -0.1) is 0 Å². The van der Waals surface area contributed by atoms with Gasteiger partial charge >= 0.3 is 0 Å². The van der Waals surface area contributed by atoms with E-state index in [1.54, 1.807) is 19.1 Å². The van der Waals surface area contributed by atoms with Crippen molar-refractivity contribution in [2.45, 2.75) is 69.6 Å². The monoisotopic (exact) mass is 520 g/mol. The van der Waals surface area contributed by atoms with Gasteiger partial charge in [-0.2, -0.15) is 4.31 Å². The lowest BCUT2D eigenvalue weighted by atomic mass is 10.00. The van der Waals surface area contributed by atoms with Crippen molar-refractivity contribution in [2.24, 2.45) is 5.92 Å². The predicted molar refractivity (Wildman–Crippen MR) is 140 cm³/mol. The molecule has 36 heavy (non-hydrogen) atoms. The fourth-order valence-electron chi connectivity index (χ4n) is 3.76. The second-order valence-corrected chi connectivity index (χ2v) is 11.1. The predicted octanol–water partition coefficient (Wildman–Crippen LogP) is 2.98. The summed E-state index contributed by atoms with van der Waals surface area (Å²) in [7, 11) is -2.41. The van der Waals surface area contributed by atoms with E-state index < -0.39 is 34.2 Å². The first-order chi connectivity index (χ1) is 17.1. The minimum atomic E-state index is -3.92. The first-order valence-electron chi connectivity index (χ1n) is 12.4. The molecule has 3 N–H and O–H groups in total. The normalized spacial score (nSPS) is 15.2. The number of nitrogens with one attached hydrogen (secondary N) is 1. The van der Waals surface area contributed by atoms with Crippen molar-refractivity contribution in [3.63, 3.8) is 0 Å².